The monoisotopic (exact) mass is 268 g/mol. The Kier molecular flexibility index (Phi) is 3.28. The van der Waals surface area contributed by atoms with Crippen molar-refractivity contribution in [1.82, 2.24) is 0 Å². The molecule has 0 aliphatic rings. The zero-order valence-electron chi connectivity index (χ0n) is 7.49. The van der Waals surface area contributed by atoms with Gasteiger partial charge in [-0.2, -0.15) is 0 Å². The second-order valence-electron chi connectivity index (χ2n) is 2.81. The summed E-state index contributed by atoms with van der Waals surface area (Å²) in [7, 11) is 1.01. The van der Waals surface area contributed by atoms with Crippen molar-refractivity contribution < 1.29 is 18.3 Å². The summed E-state index contributed by atoms with van der Waals surface area (Å²) in [5, 5.41) is 8.67. The number of carboxylic acid groups (broad SMARTS) is 1. The van der Waals surface area contributed by atoms with Gasteiger partial charge in [-0.05, 0) is 18.6 Å². The minimum absolute atomic E-state index is 0.160. The molecule has 1 aromatic rings. The van der Waals surface area contributed by atoms with Crippen molar-refractivity contribution in [2.45, 2.75) is 11.8 Å². The van der Waals surface area contributed by atoms with Crippen LogP contribution < -0.4 is 0 Å². The highest BCUT2D eigenvalue weighted by atomic mass is 35.7. The molecule has 0 heterocycles. The summed E-state index contributed by atoms with van der Waals surface area (Å²) in [5.41, 5.74) is -0.251. The van der Waals surface area contributed by atoms with Crippen LogP contribution in [0.4, 0.5) is 0 Å². The van der Waals surface area contributed by atoms with Crippen LogP contribution in [0.15, 0.2) is 17.0 Å². The van der Waals surface area contributed by atoms with Crippen LogP contribution in [0.3, 0.4) is 0 Å². The van der Waals surface area contributed by atoms with Gasteiger partial charge >= 0.3 is 5.97 Å². The SMILES string of the molecule is Cc1ccc(Cl)c(C(=O)O)c1S(=O)(=O)Cl. The lowest BCUT2D eigenvalue weighted by Crippen LogP contribution is -2.07. The second-order valence-corrected chi connectivity index (χ2v) is 5.72. The Morgan fingerprint density at radius 3 is 2.27 bits per heavy atom. The van der Waals surface area contributed by atoms with E-state index in [2.05, 4.69) is 0 Å². The quantitative estimate of drug-likeness (QED) is 0.836. The standard InChI is InChI=1S/C8H6Cl2O4S/c1-4-2-3-5(9)6(8(11)12)7(4)15(10,13)14/h2-3H,1H3,(H,11,12). The Hall–Kier alpha value is -0.780. The van der Waals surface area contributed by atoms with Gasteiger partial charge < -0.3 is 5.11 Å². The third-order valence-electron chi connectivity index (χ3n) is 1.76. The lowest BCUT2D eigenvalue weighted by atomic mass is 10.1. The third-order valence-corrected chi connectivity index (χ3v) is 3.55. The summed E-state index contributed by atoms with van der Waals surface area (Å²) in [4.78, 5) is 10.4. The van der Waals surface area contributed by atoms with E-state index in [1.54, 1.807) is 0 Å². The highest BCUT2D eigenvalue weighted by Crippen LogP contribution is 2.29. The summed E-state index contributed by atoms with van der Waals surface area (Å²) >= 11 is 5.60. The normalized spacial score (nSPS) is 11.4. The summed E-state index contributed by atoms with van der Waals surface area (Å²) in [6.45, 7) is 1.44. The lowest BCUT2D eigenvalue weighted by molar-refractivity contribution is 0.0692. The summed E-state index contributed by atoms with van der Waals surface area (Å²) in [6, 6.07) is 2.70. The molecule has 1 rings (SSSR count). The van der Waals surface area contributed by atoms with Crippen molar-refractivity contribution >= 4 is 37.3 Å². The summed E-state index contributed by atoms with van der Waals surface area (Å²) in [6.07, 6.45) is 0. The van der Waals surface area contributed by atoms with Crippen molar-refractivity contribution in [3.63, 3.8) is 0 Å². The summed E-state index contributed by atoms with van der Waals surface area (Å²) in [5.74, 6) is -1.43. The van der Waals surface area contributed by atoms with Crippen LogP contribution in [-0.4, -0.2) is 19.5 Å². The molecule has 0 aliphatic carbocycles. The Balaban J connectivity index is 3.76. The molecule has 0 spiro atoms. The molecule has 1 N–H and O–H groups in total. The number of hydrogen-bond acceptors (Lipinski definition) is 3. The van der Waals surface area contributed by atoms with Gasteiger partial charge in [-0.1, -0.05) is 17.7 Å². The molecular weight excluding hydrogens is 263 g/mol. The smallest absolute Gasteiger partial charge is 0.338 e. The van der Waals surface area contributed by atoms with E-state index in [1.165, 1.54) is 19.1 Å². The maximum absolute atomic E-state index is 11.2. The number of aromatic carboxylic acids is 1. The molecule has 0 atom stereocenters. The van der Waals surface area contributed by atoms with E-state index in [-0.39, 0.29) is 10.6 Å². The molecule has 82 valence electrons. The molecule has 7 heteroatoms. The van der Waals surface area contributed by atoms with Gasteiger partial charge in [0.2, 0.25) is 0 Å². The third kappa shape index (κ3) is 2.42. The van der Waals surface area contributed by atoms with E-state index in [4.69, 9.17) is 27.4 Å². The zero-order chi connectivity index (χ0) is 11.8. The van der Waals surface area contributed by atoms with E-state index < -0.39 is 25.5 Å². The number of carboxylic acids is 1. The van der Waals surface area contributed by atoms with E-state index >= 15 is 0 Å². The lowest BCUT2D eigenvalue weighted by Gasteiger charge is -2.07. The fraction of sp³-hybridized carbons (Fsp3) is 0.125. The molecule has 0 saturated carbocycles. The zero-order valence-corrected chi connectivity index (χ0v) is 9.82. The van der Waals surface area contributed by atoms with Crippen molar-refractivity contribution in [1.29, 1.82) is 0 Å². The molecule has 1 aromatic carbocycles. The van der Waals surface area contributed by atoms with Gasteiger partial charge in [0.1, 0.15) is 4.90 Å². The van der Waals surface area contributed by atoms with Gasteiger partial charge in [-0.25, -0.2) is 13.2 Å². The molecule has 0 bridgehead atoms. The molecule has 0 aliphatic heterocycles. The van der Waals surface area contributed by atoms with Gasteiger partial charge in [-0.15, -0.1) is 0 Å². The van der Waals surface area contributed by atoms with E-state index in [1.807, 2.05) is 0 Å². The molecule has 4 nitrogen and oxygen atoms in total. The molecule has 0 aromatic heterocycles. The number of aryl methyl sites for hydroxylation is 1. The first-order valence-corrected chi connectivity index (χ1v) is 6.41. The first kappa shape index (κ1) is 12.3. The van der Waals surface area contributed by atoms with E-state index in [0.717, 1.165) is 0 Å². The number of benzene rings is 1. The molecule has 15 heavy (non-hydrogen) atoms. The van der Waals surface area contributed by atoms with E-state index in [0.29, 0.717) is 0 Å². The van der Waals surface area contributed by atoms with Crippen LogP contribution in [0.1, 0.15) is 15.9 Å². The first-order valence-electron chi connectivity index (χ1n) is 3.72. The van der Waals surface area contributed by atoms with Crippen molar-refractivity contribution in [3.05, 3.63) is 28.3 Å². The molecule has 0 fully saturated rings. The Morgan fingerprint density at radius 2 is 1.93 bits per heavy atom. The van der Waals surface area contributed by atoms with Crippen molar-refractivity contribution in [3.8, 4) is 0 Å². The fourth-order valence-corrected chi connectivity index (χ4v) is 2.96. The maximum Gasteiger partial charge on any atom is 0.338 e. The molecular formula is C8H6Cl2O4S. The van der Waals surface area contributed by atoms with Crippen molar-refractivity contribution in [2.24, 2.45) is 0 Å². The van der Waals surface area contributed by atoms with Gasteiger partial charge in [0.05, 0.1) is 10.6 Å². The number of carbonyl (C=O) groups is 1. The largest absolute Gasteiger partial charge is 0.478 e. The highest BCUT2D eigenvalue weighted by Gasteiger charge is 2.25. The van der Waals surface area contributed by atoms with Gasteiger partial charge in [0.15, 0.2) is 0 Å². The predicted octanol–water partition coefficient (Wildman–Crippen LogP) is 2.27. The highest BCUT2D eigenvalue weighted by molar-refractivity contribution is 8.13. The molecule has 0 saturated heterocycles. The van der Waals surface area contributed by atoms with Crippen LogP contribution in [-0.2, 0) is 9.05 Å². The first-order chi connectivity index (χ1) is 6.75. The maximum atomic E-state index is 11.2. The minimum atomic E-state index is -4.12. The van der Waals surface area contributed by atoms with Crippen LogP contribution >= 0.6 is 22.3 Å². The van der Waals surface area contributed by atoms with Crippen LogP contribution in [0.2, 0.25) is 5.02 Å². The topological polar surface area (TPSA) is 71.4 Å². The fourth-order valence-electron chi connectivity index (χ4n) is 1.18. The minimum Gasteiger partial charge on any atom is -0.478 e. The van der Waals surface area contributed by atoms with Gasteiger partial charge in [-0.3, -0.25) is 0 Å². The van der Waals surface area contributed by atoms with Crippen LogP contribution in [0.5, 0.6) is 0 Å². The Labute approximate surface area is 95.9 Å². The predicted molar refractivity (Wildman–Crippen MR) is 56.2 cm³/mol. The average Bonchev–Trinajstić information content (AvgIpc) is 2.05. The average molecular weight is 269 g/mol. The van der Waals surface area contributed by atoms with Crippen LogP contribution in [0, 0.1) is 6.92 Å². The number of halogens is 2. The molecule has 0 radical (unpaired) electrons. The molecule has 0 unspecified atom stereocenters. The van der Waals surface area contributed by atoms with Gasteiger partial charge in [0, 0.05) is 10.7 Å². The Bertz CT molecular complexity index is 522. The van der Waals surface area contributed by atoms with E-state index in [9.17, 15) is 13.2 Å². The summed E-state index contributed by atoms with van der Waals surface area (Å²) < 4.78 is 22.3. The van der Waals surface area contributed by atoms with Crippen LogP contribution in [0.25, 0.3) is 0 Å². The molecule has 0 amide bonds. The number of rotatable bonds is 2. The number of hydrogen-bond donors (Lipinski definition) is 1. The van der Waals surface area contributed by atoms with Gasteiger partial charge in [0.25, 0.3) is 9.05 Å². The van der Waals surface area contributed by atoms with Crippen molar-refractivity contribution in [2.75, 3.05) is 0 Å². The Morgan fingerprint density at radius 1 is 1.40 bits per heavy atom. The second kappa shape index (κ2) is 4.00.